The molecule has 0 bridgehead atoms. The van der Waals surface area contributed by atoms with Crippen molar-refractivity contribution in [2.45, 2.75) is 69.1 Å². The number of nitrogens with one attached hydrogen (secondary N) is 2. The number of amides is 3. The summed E-state index contributed by atoms with van der Waals surface area (Å²) >= 11 is 12.1. The molecule has 9 nitrogen and oxygen atoms in total. The van der Waals surface area contributed by atoms with Crippen molar-refractivity contribution in [2.75, 3.05) is 13.2 Å². The van der Waals surface area contributed by atoms with Crippen LogP contribution in [0.5, 0.6) is 5.75 Å². The first-order valence-electron chi connectivity index (χ1n) is 12.3. The average molecular weight is 547 g/mol. The zero-order chi connectivity index (χ0) is 27.0. The number of nitrogens with zero attached hydrogens (tertiary/aromatic N) is 3. The van der Waals surface area contributed by atoms with Gasteiger partial charge in [0.1, 0.15) is 24.4 Å². The Balaban J connectivity index is 1.49. The van der Waals surface area contributed by atoms with Crippen LogP contribution in [-0.2, 0) is 14.4 Å². The molecule has 0 spiro atoms. The number of hydrogen-bond acceptors (Lipinski definition) is 5. The minimum absolute atomic E-state index is 0.132. The van der Waals surface area contributed by atoms with E-state index in [0.717, 1.165) is 6.42 Å². The Morgan fingerprint density at radius 2 is 2.16 bits per heavy atom. The third-order valence-electron chi connectivity index (χ3n) is 7.65. The third kappa shape index (κ3) is 5.49. The average Bonchev–Trinajstić information content (AvgIpc) is 3.46. The minimum Gasteiger partial charge on any atom is -0.482 e. The second-order valence-electron chi connectivity index (χ2n) is 10.8. The molecule has 2 N–H and O–H groups in total. The Labute approximate surface area is 226 Å². The molecule has 0 aromatic heterocycles. The predicted octanol–water partition coefficient (Wildman–Crippen LogP) is 3.40. The van der Waals surface area contributed by atoms with Gasteiger partial charge in [-0.3, -0.25) is 14.4 Å². The number of nitriles is 1. The summed E-state index contributed by atoms with van der Waals surface area (Å²) in [5.74, 6) is -1.39. The fourth-order valence-electron chi connectivity index (χ4n) is 6.00. The summed E-state index contributed by atoms with van der Waals surface area (Å²) in [5.41, 5.74) is -1.09. The number of halogens is 2. The number of benzene rings is 1. The van der Waals surface area contributed by atoms with Gasteiger partial charge in [0.05, 0.1) is 17.0 Å². The molecule has 2 saturated heterocycles. The molecule has 3 aliphatic rings. The van der Waals surface area contributed by atoms with Crippen molar-refractivity contribution in [3.63, 3.8) is 0 Å². The van der Waals surface area contributed by atoms with Gasteiger partial charge < -0.3 is 20.3 Å². The summed E-state index contributed by atoms with van der Waals surface area (Å²) < 4.78 is 5.63. The monoisotopic (exact) mass is 546 g/mol. The summed E-state index contributed by atoms with van der Waals surface area (Å²) in [6.45, 7) is 9.48. The number of carbonyl (C=O) groups excluding carboxylic acids is 3. The summed E-state index contributed by atoms with van der Waals surface area (Å²) in [4.78, 5) is 44.8. The molecule has 5 atom stereocenters. The lowest BCUT2D eigenvalue weighted by Gasteiger charge is -2.27. The van der Waals surface area contributed by atoms with Crippen molar-refractivity contribution in [3.05, 3.63) is 33.1 Å². The molecule has 1 aliphatic carbocycles. The lowest BCUT2D eigenvalue weighted by molar-refractivity contribution is -0.141. The van der Waals surface area contributed by atoms with E-state index in [2.05, 4.69) is 21.5 Å². The first-order chi connectivity index (χ1) is 17.5. The number of hydrogen-bond donors (Lipinski definition) is 2. The fraction of sp³-hybridized carbons (Fsp3) is 0.577. The number of carbonyl (C=O) groups is 3. The van der Waals surface area contributed by atoms with E-state index in [1.54, 1.807) is 12.1 Å². The molecule has 3 fully saturated rings. The zero-order valence-electron chi connectivity index (χ0n) is 20.8. The molecule has 3 amide bonds. The van der Waals surface area contributed by atoms with E-state index in [1.807, 2.05) is 13.8 Å². The minimum atomic E-state index is -0.885. The van der Waals surface area contributed by atoms with Crippen LogP contribution in [0.25, 0.3) is 4.85 Å². The Hall–Kier alpha value is -3.01. The Morgan fingerprint density at radius 3 is 2.78 bits per heavy atom. The van der Waals surface area contributed by atoms with Gasteiger partial charge in [0.15, 0.2) is 6.61 Å². The van der Waals surface area contributed by atoms with Crippen molar-refractivity contribution in [3.8, 4) is 18.4 Å². The van der Waals surface area contributed by atoms with E-state index in [0.29, 0.717) is 30.0 Å². The Bertz CT molecular complexity index is 1190. The Kier molecular flexibility index (Phi) is 7.60. The lowest BCUT2D eigenvalue weighted by atomic mass is 9.86. The molecule has 11 heteroatoms. The molecule has 37 heavy (non-hydrogen) atoms. The van der Waals surface area contributed by atoms with E-state index in [-0.39, 0.29) is 47.9 Å². The summed E-state index contributed by atoms with van der Waals surface area (Å²) in [6, 6.07) is 5.02. The quantitative estimate of drug-likeness (QED) is 0.543. The largest absolute Gasteiger partial charge is 0.482 e. The summed E-state index contributed by atoms with van der Waals surface area (Å²) in [5, 5.41) is 16.1. The highest BCUT2D eigenvalue weighted by molar-refractivity contribution is 6.35. The lowest BCUT2D eigenvalue weighted by Crippen LogP contribution is -2.52. The molecule has 4 rings (SSSR count). The van der Waals surface area contributed by atoms with Crippen LogP contribution in [0.2, 0.25) is 10.0 Å². The van der Waals surface area contributed by atoms with Gasteiger partial charge in [-0.1, -0.05) is 28.0 Å². The smallest absolute Gasteiger partial charge is 0.303 e. The maximum absolute atomic E-state index is 13.6. The van der Waals surface area contributed by atoms with Crippen LogP contribution in [0, 0.1) is 29.7 Å². The fourth-order valence-corrected chi connectivity index (χ4v) is 6.46. The highest BCUT2D eigenvalue weighted by atomic mass is 35.5. The van der Waals surface area contributed by atoms with Gasteiger partial charge in [0.2, 0.25) is 11.8 Å². The highest BCUT2D eigenvalue weighted by Gasteiger charge is 2.66. The van der Waals surface area contributed by atoms with Crippen molar-refractivity contribution in [1.82, 2.24) is 15.5 Å². The maximum atomic E-state index is 13.6. The number of fused-ring (bicyclic) bond motifs is 1. The van der Waals surface area contributed by atoms with Crippen molar-refractivity contribution < 1.29 is 19.1 Å². The first kappa shape index (κ1) is 27.0. The molecule has 1 aromatic carbocycles. The van der Waals surface area contributed by atoms with Gasteiger partial charge in [0, 0.05) is 22.9 Å². The molecule has 1 aromatic rings. The van der Waals surface area contributed by atoms with Gasteiger partial charge in [0.25, 0.3) is 12.5 Å². The van der Waals surface area contributed by atoms with Gasteiger partial charge in [-0.15, -0.1) is 0 Å². The normalized spacial score (nSPS) is 28.5. The van der Waals surface area contributed by atoms with Crippen molar-refractivity contribution in [2.24, 2.45) is 11.8 Å². The SMILES string of the molecule is C#[N+][C@@]12CCC[C@@H]1[C@@H](C(=O)N[C@H](C#N)C[C@@H]1CC(C)(C)NC1=O)N(C(=O)COc1ccc(Cl)cc1Cl)C2. The van der Waals surface area contributed by atoms with E-state index in [4.69, 9.17) is 34.5 Å². The van der Waals surface area contributed by atoms with Gasteiger partial charge in [-0.05, 0) is 57.7 Å². The van der Waals surface area contributed by atoms with Gasteiger partial charge in [-0.2, -0.15) is 5.26 Å². The number of ether oxygens (including phenoxy) is 1. The molecular formula is C26H30Cl2N5O4+. The second-order valence-corrected chi connectivity index (χ2v) is 11.6. The van der Waals surface area contributed by atoms with Crippen LogP contribution < -0.4 is 15.4 Å². The Morgan fingerprint density at radius 1 is 1.41 bits per heavy atom. The first-order valence-corrected chi connectivity index (χ1v) is 13.1. The summed E-state index contributed by atoms with van der Waals surface area (Å²) in [7, 11) is 0. The van der Waals surface area contributed by atoms with E-state index >= 15 is 0 Å². The van der Waals surface area contributed by atoms with E-state index < -0.39 is 29.4 Å². The zero-order valence-corrected chi connectivity index (χ0v) is 22.3. The molecule has 196 valence electrons. The number of likely N-dealkylation sites (tertiary alicyclic amines) is 1. The third-order valence-corrected chi connectivity index (χ3v) is 8.18. The van der Waals surface area contributed by atoms with Crippen LogP contribution in [0.3, 0.4) is 0 Å². The second kappa shape index (κ2) is 10.4. The topological polar surface area (TPSA) is 116 Å². The highest BCUT2D eigenvalue weighted by Crippen LogP contribution is 2.48. The van der Waals surface area contributed by atoms with Crippen molar-refractivity contribution >= 4 is 40.9 Å². The van der Waals surface area contributed by atoms with Crippen LogP contribution in [0.4, 0.5) is 0 Å². The molecule has 0 unspecified atom stereocenters. The standard InChI is InChI=1S/C26H29Cl2N5O4/c1-25(2)11-15(23(35)32-25)9-17(12-29)31-24(36)22-18-5-4-8-26(18,30-3)14-33(22)21(34)13-37-20-7-6-16(27)10-19(20)28/h3,6-7,10,15,17-18,22H,4-5,8-9,11,13-14H2,1-2H3,(H-,31,32,35,36)/p+1/t15-,17+,18-,22+,26-/m1/s1. The van der Waals surface area contributed by atoms with Crippen LogP contribution in [0.1, 0.15) is 46.0 Å². The van der Waals surface area contributed by atoms with E-state index in [1.165, 1.54) is 11.0 Å². The molecule has 0 radical (unpaired) electrons. The van der Waals surface area contributed by atoms with Crippen LogP contribution in [0.15, 0.2) is 18.2 Å². The molecule has 2 heterocycles. The maximum Gasteiger partial charge on any atom is 0.303 e. The number of rotatable bonds is 7. The van der Waals surface area contributed by atoms with Gasteiger partial charge >= 0.3 is 5.54 Å². The van der Waals surface area contributed by atoms with Crippen LogP contribution in [-0.4, -0.2) is 58.9 Å². The van der Waals surface area contributed by atoms with Crippen molar-refractivity contribution in [1.29, 1.82) is 5.26 Å². The molecule has 1 saturated carbocycles. The van der Waals surface area contributed by atoms with Gasteiger partial charge in [-0.25, -0.2) is 0 Å². The van der Waals surface area contributed by atoms with E-state index in [9.17, 15) is 19.6 Å². The summed E-state index contributed by atoms with van der Waals surface area (Å²) in [6.07, 6.45) is 2.91. The van der Waals surface area contributed by atoms with Crippen LogP contribution >= 0.6 is 23.2 Å². The molecule has 2 aliphatic heterocycles. The predicted molar refractivity (Wildman–Crippen MR) is 138 cm³/mol. The molecular weight excluding hydrogens is 517 g/mol.